The van der Waals surface area contributed by atoms with Crippen molar-refractivity contribution in [2.24, 2.45) is 0 Å². The van der Waals surface area contributed by atoms with Gasteiger partial charge in [0.25, 0.3) is 0 Å². The fraction of sp³-hybridized carbons (Fsp3) is 0.500. The van der Waals surface area contributed by atoms with Gasteiger partial charge in [0, 0.05) is 22.6 Å². The second-order valence-electron chi connectivity index (χ2n) is 4.43. The Bertz CT molecular complexity index is 650. The van der Waals surface area contributed by atoms with Crippen LogP contribution in [0.2, 0.25) is 0 Å². The predicted octanol–water partition coefficient (Wildman–Crippen LogP) is -1.38. The Morgan fingerprint density at radius 1 is 1.35 bits per heavy atom. The van der Waals surface area contributed by atoms with Gasteiger partial charge in [0.15, 0.2) is 21.5 Å². The van der Waals surface area contributed by atoms with Crippen molar-refractivity contribution < 1.29 is 20.1 Å². The minimum atomic E-state index is -1.20. The second kappa shape index (κ2) is 5.04. The summed E-state index contributed by atoms with van der Waals surface area (Å²) in [6, 6.07) is 0. The van der Waals surface area contributed by atoms with Crippen LogP contribution in [0.4, 0.5) is 5.82 Å². The fourth-order valence-electron chi connectivity index (χ4n) is 2.21. The number of aromatic nitrogens is 4. The highest BCUT2D eigenvalue weighted by Gasteiger charge is 2.44. The molecule has 3 heterocycles. The average Bonchev–Trinajstić information content (AvgIpc) is 2.93. The van der Waals surface area contributed by atoms with Gasteiger partial charge in [-0.2, -0.15) is 0 Å². The lowest BCUT2D eigenvalue weighted by Crippen LogP contribution is -2.33. The number of rotatable bonds is 2. The Morgan fingerprint density at radius 3 is 2.75 bits per heavy atom. The van der Waals surface area contributed by atoms with Crippen LogP contribution < -0.4 is 5.73 Å². The number of nitrogens with two attached hydrogens (primary N) is 1. The van der Waals surface area contributed by atoms with Crippen molar-refractivity contribution in [3.8, 4) is 0 Å². The Balaban J connectivity index is 2.07. The predicted molar refractivity (Wildman–Crippen MR) is 75.5 cm³/mol. The molecule has 0 saturated carbocycles. The lowest BCUT2D eigenvalue weighted by Gasteiger charge is -2.16. The van der Waals surface area contributed by atoms with Gasteiger partial charge in [0.1, 0.15) is 23.8 Å². The highest BCUT2D eigenvalue weighted by atomic mass is 127. The zero-order chi connectivity index (χ0) is 14.4. The first-order valence-electron chi connectivity index (χ1n) is 5.81. The van der Waals surface area contributed by atoms with E-state index in [9.17, 15) is 10.2 Å². The molecule has 108 valence electrons. The molecule has 0 unspecified atom stereocenters. The Hall–Kier alpha value is -1.08. The van der Waals surface area contributed by atoms with Crippen LogP contribution in [0.1, 0.15) is 6.23 Å². The fourth-order valence-corrected chi connectivity index (χ4v) is 2.70. The number of ether oxygens (including phenoxy) is 1. The molecule has 0 radical (unpaired) electrons. The van der Waals surface area contributed by atoms with Crippen molar-refractivity contribution in [1.82, 2.24) is 19.5 Å². The van der Waals surface area contributed by atoms with Crippen molar-refractivity contribution >= 4 is 39.6 Å². The highest BCUT2D eigenvalue weighted by molar-refractivity contribution is 14.1. The molecule has 3 rings (SSSR count). The minimum absolute atomic E-state index is 0.227. The van der Waals surface area contributed by atoms with Gasteiger partial charge in [-0.3, -0.25) is 4.57 Å². The van der Waals surface area contributed by atoms with Crippen molar-refractivity contribution in [2.45, 2.75) is 24.5 Å². The molecule has 1 aliphatic rings. The van der Waals surface area contributed by atoms with E-state index < -0.39 is 31.1 Å². The molecular weight excluding hydrogens is 381 g/mol. The summed E-state index contributed by atoms with van der Waals surface area (Å²) in [5.74, 6) is 0.227. The molecule has 9 nitrogen and oxygen atoms in total. The number of aliphatic hydroxyl groups is 3. The maximum absolute atomic E-state index is 10.0. The number of nitrogen functional groups attached to an aromatic ring is 1. The molecule has 0 aliphatic carbocycles. The maximum Gasteiger partial charge on any atom is 0.194 e. The van der Waals surface area contributed by atoms with Gasteiger partial charge in [0.2, 0.25) is 0 Å². The molecule has 2 aromatic heterocycles. The highest BCUT2D eigenvalue weighted by Crippen LogP contribution is 2.31. The molecule has 4 atom stereocenters. The van der Waals surface area contributed by atoms with Crippen molar-refractivity contribution in [1.29, 1.82) is 0 Å². The van der Waals surface area contributed by atoms with E-state index in [-0.39, 0.29) is 5.82 Å². The van der Waals surface area contributed by atoms with E-state index in [1.165, 1.54) is 10.9 Å². The third-order valence-electron chi connectivity index (χ3n) is 3.21. The SMILES string of the molecule is Nc1nc(I)nc2c1ncn2[C@@H]1O[C@H](CO)[C@@H](O)[C@@H]1O. The molecule has 0 aromatic carbocycles. The number of hydrogen-bond donors (Lipinski definition) is 4. The van der Waals surface area contributed by atoms with Crippen molar-refractivity contribution in [3.63, 3.8) is 0 Å². The molecule has 1 saturated heterocycles. The number of aliphatic hydroxyl groups excluding tert-OH is 3. The van der Waals surface area contributed by atoms with Crippen LogP contribution in [-0.4, -0.2) is 59.8 Å². The summed E-state index contributed by atoms with van der Waals surface area (Å²) in [5.41, 5.74) is 6.55. The van der Waals surface area contributed by atoms with E-state index in [2.05, 4.69) is 15.0 Å². The summed E-state index contributed by atoms with van der Waals surface area (Å²) < 4.78 is 7.34. The molecule has 2 aromatic rings. The van der Waals surface area contributed by atoms with E-state index in [1.54, 1.807) is 0 Å². The van der Waals surface area contributed by atoms with E-state index in [1.807, 2.05) is 22.6 Å². The Labute approximate surface area is 126 Å². The molecule has 10 heteroatoms. The van der Waals surface area contributed by atoms with Crippen LogP contribution in [-0.2, 0) is 4.74 Å². The Kier molecular flexibility index (Phi) is 3.50. The number of anilines is 1. The summed E-state index contributed by atoms with van der Waals surface area (Å²) in [4.78, 5) is 12.3. The van der Waals surface area contributed by atoms with Crippen LogP contribution in [0.5, 0.6) is 0 Å². The minimum Gasteiger partial charge on any atom is -0.394 e. The third-order valence-corrected chi connectivity index (χ3v) is 3.69. The lowest BCUT2D eigenvalue weighted by molar-refractivity contribution is -0.0511. The molecular formula is C10H12IN5O4. The lowest BCUT2D eigenvalue weighted by atomic mass is 10.1. The summed E-state index contributed by atoms with van der Waals surface area (Å²) in [6.45, 7) is -0.393. The molecule has 1 aliphatic heterocycles. The molecule has 20 heavy (non-hydrogen) atoms. The van der Waals surface area contributed by atoms with Gasteiger partial charge >= 0.3 is 0 Å². The topological polar surface area (TPSA) is 140 Å². The summed E-state index contributed by atoms with van der Waals surface area (Å²) in [5, 5.41) is 28.9. The van der Waals surface area contributed by atoms with E-state index in [0.717, 1.165) is 0 Å². The van der Waals surface area contributed by atoms with Gasteiger partial charge < -0.3 is 25.8 Å². The standard InChI is InChI=1S/C10H12IN5O4/c11-10-14-7(12)4-8(15-10)16(2-13-4)9-6(19)5(18)3(1-17)20-9/h2-3,5-6,9,17-19H,1H2,(H2,12,14,15)/t3-,5-,6+,9-/m1/s1. The first-order chi connectivity index (χ1) is 9.52. The monoisotopic (exact) mass is 393 g/mol. The quantitative estimate of drug-likeness (QED) is 0.362. The zero-order valence-electron chi connectivity index (χ0n) is 10.1. The number of nitrogens with zero attached hydrogens (tertiary/aromatic N) is 4. The average molecular weight is 393 g/mol. The van der Waals surface area contributed by atoms with Crippen LogP contribution in [0.15, 0.2) is 6.33 Å². The number of fused-ring (bicyclic) bond motifs is 1. The van der Waals surface area contributed by atoms with Crippen LogP contribution in [0, 0.1) is 3.83 Å². The first kappa shape index (κ1) is 13.9. The summed E-state index contributed by atoms with van der Waals surface area (Å²) in [7, 11) is 0. The summed E-state index contributed by atoms with van der Waals surface area (Å²) in [6.07, 6.45) is -2.71. The van der Waals surface area contributed by atoms with Crippen LogP contribution in [0.25, 0.3) is 11.2 Å². The van der Waals surface area contributed by atoms with Crippen molar-refractivity contribution in [2.75, 3.05) is 12.3 Å². The van der Waals surface area contributed by atoms with Gasteiger partial charge in [-0.05, 0) is 0 Å². The zero-order valence-corrected chi connectivity index (χ0v) is 12.2. The van der Waals surface area contributed by atoms with E-state index in [4.69, 9.17) is 15.6 Å². The van der Waals surface area contributed by atoms with Crippen LogP contribution in [0.3, 0.4) is 0 Å². The van der Waals surface area contributed by atoms with E-state index >= 15 is 0 Å². The van der Waals surface area contributed by atoms with Gasteiger partial charge in [0.05, 0.1) is 12.9 Å². The van der Waals surface area contributed by atoms with E-state index in [0.29, 0.717) is 15.0 Å². The number of imidazole rings is 1. The molecule has 0 bridgehead atoms. The molecule has 1 fully saturated rings. The maximum atomic E-state index is 10.0. The normalized spacial score (nSPS) is 30.2. The molecule has 0 spiro atoms. The van der Waals surface area contributed by atoms with Gasteiger partial charge in [-0.15, -0.1) is 0 Å². The smallest absolute Gasteiger partial charge is 0.194 e. The van der Waals surface area contributed by atoms with Crippen molar-refractivity contribution in [3.05, 3.63) is 10.2 Å². The van der Waals surface area contributed by atoms with Crippen LogP contribution >= 0.6 is 22.6 Å². The first-order valence-corrected chi connectivity index (χ1v) is 6.88. The Morgan fingerprint density at radius 2 is 2.10 bits per heavy atom. The van der Waals surface area contributed by atoms with Gasteiger partial charge in [-0.1, -0.05) is 0 Å². The number of halogens is 1. The third kappa shape index (κ3) is 2.03. The molecule has 5 N–H and O–H groups in total. The largest absolute Gasteiger partial charge is 0.394 e. The van der Waals surface area contributed by atoms with Gasteiger partial charge in [-0.25, -0.2) is 15.0 Å². The summed E-state index contributed by atoms with van der Waals surface area (Å²) >= 11 is 1.92. The molecule has 0 amide bonds. The second-order valence-corrected chi connectivity index (χ2v) is 5.40. The number of hydrogen-bond acceptors (Lipinski definition) is 8.